The van der Waals surface area contributed by atoms with Crippen molar-refractivity contribution < 1.29 is 9.13 Å². The zero-order valence-corrected chi connectivity index (χ0v) is 11.5. The van der Waals surface area contributed by atoms with Crippen LogP contribution in [0.1, 0.15) is 22.7 Å². The Labute approximate surface area is 117 Å². The van der Waals surface area contributed by atoms with Gasteiger partial charge in [0.25, 0.3) is 0 Å². The van der Waals surface area contributed by atoms with Gasteiger partial charge in [-0.05, 0) is 36.2 Å². The zero-order valence-electron chi connectivity index (χ0n) is 10.8. The molecule has 100 valence electrons. The monoisotopic (exact) mass is 279 g/mol. The van der Waals surface area contributed by atoms with E-state index in [2.05, 4.69) is 0 Å². The minimum Gasteiger partial charge on any atom is -0.496 e. The predicted octanol–water partition coefficient (Wildman–Crippen LogP) is 3.84. The van der Waals surface area contributed by atoms with E-state index in [9.17, 15) is 4.39 Å². The van der Waals surface area contributed by atoms with Crippen LogP contribution in [0, 0.1) is 12.7 Å². The van der Waals surface area contributed by atoms with Gasteiger partial charge in [-0.1, -0.05) is 29.8 Å². The molecule has 0 heterocycles. The zero-order chi connectivity index (χ0) is 14.0. The van der Waals surface area contributed by atoms with Crippen molar-refractivity contribution in [1.82, 2.24) is 0 Å². The van der Waals surface area contributed by atoms with Gasteiger partial charge >= 0.3 is 0 Å². The van der Waals surface area contributed by atoms with E-state index < -0.39 is 11.9 Å². The van der Waals surface area contributed by atoms with E-state index in [1.807, 2.05) is 25.1 Å². The van der Waals surface area contributed by atoms with Crippen LogP contribution in [0.15, 0.2) is 36.4 Å². The Balaban J connectivity index is 2.40. The second kappa shape index (κ2) is 5.59. The van der Waals surface area contributed by atoms with Gasteiger partial charge in [0, 0.05) is 10.6 Å². The summed E-state index contributed by atoms with van der Waals surface area (Å²) in [6, 6.07) is 9.56. The third-order valence-corrected chi connectivity index (χ3v) is 3.32. The van der Waals surface area contributed by atoms with Gasteiger partial charge in [-0.2, -0.15) is 0 Å². The molecule has 2 rings (SSSR count). The van der Waals surface area contributed by atoms with Gasteiger partial charge in [-0.25, -0.2) is 4.39 Å². The van der Waals surface area contributed by atoms with Crippen molar-refractivity contribution in [3.05, 3.63) is 63.9 Å². The molecule has 0 aliphatic rings. The highest BCUT2D eigenvalue weighted by atomic mass is 35.5. The fraction of sp³-hybridized carbons (Fsp3) is 0.200. The number of halogens is 2. The molecule has 1 unspecified atom stereocenters. The Hall–Kier alpha value is -1.58. The van der Waals surface area contributed by atoms with Crippen molar-refractivity contribution in [2.45, 2.75) is 13.0 Å². The van der Waals surface area contributed by atoms with Crippen molar-refractivity contribution in [2.24, 2.45) is 5.73 Å². The summed E-state index contributed by atoms with van der Waals surface area (Å²) in [6.07, 6.45) is 0. The fourth-order valence-electron chi connectivity index (χ4n) is 1.96. The van der Waals surface area contributed by atoms with Crippen molar-refractivity contribution in [1.29, 1.82) is 0 Å². The molecule has 2 nitrogen and oxygen atoms in total. The fourth-order valence-corrected chi connectivity index (χ4v) is 2.12. The number of rotatable bonds is 3. The lowest BCUT2D eigenvalue weighted by Gasteiger charge is -2.15. The van der Waals surface area contributed by atoms with E-state index in [4.69, 9.17) is 22.1 Å². The van der Waals surface area contributed by atoms with Crippen LogP contribution < -0.4 is 10.5 Å². The molecule has 0 aliphatic carbocycles. The standard InChI is InChI=1S/C15H15ClFNO/c1-9-3-4-10(7-14(9)19-2)15(18)12-6-5-11(16)8-13(12)17/h3-8,15H,18H2,1-2H3. The number of ether oxygens (including phenoxy) is 1. The summed E-state index contributed by atoms with van der Waals surface area (Å²) in [7, 11) is 1.60. The summed E-state index contributed by atoms with van der Waals surface area (Å²) in [5.74, 6) is 0.335. The SMILES string of the molecule is COc1cc(C(N)c2ccc(Cl)cc2F)ccc1C. The minimum atomic E-state index is -0.549. The molecular formula is C15H15ClFNO. The molecule has 0 saturated heterocycles. The number of aryl methyl sites for hydroxylation is 1. The Morgan fingerprint density at radius 3 is 2.58 bits per heavy atom. The van der Waals surface area contributed by atoms with E-state index in [-0.39, 0.29) is 0 Å². The van der Waals surface area contributed by atoms with Crippen molar-refractivity contribution >= 4 is 11.6 Å². The lowest BCUT2D eigenvalue weighted by Crippen LogP contribution is -2.13. The molecule has 0 amide bonds. The van der Waals surface area contributed by atoms with Gasteiger partial charge < -0.3 is 10.5 Å². The lowest BCUT2D eigenvalue weighted by atomic mass is 9.98. The molecule has 0 radical (unpaired) electrons. The average Bonchev–Trinajstić information content (AvgIpc) is 2.38. The number of hydrogen-bond donors (Lipinski definition) is 1. The summed E-state index contributed by atoms with van der Waals surface area (Å²) < 4.78 is 19.1. The molecule has 0 aromatic heterocycles. The molecule has 4 heteroatoms. The first-order valence-electron chi connectivity index (χ1n) is 5.88. The quantitative estimate of drug-likeness (QED) is 0.926. The molecule has 1 atom stereocenters. The summed E-state index contributed by atoms with van der Waals surface area (Å²) in [4.78, 5) is 0. The average molecular weight is 280 g/mol. The molecule has 0 spiro atoms. The Bertz CT molecular complexity index is 601. The topological polar surface area (TPSA) is 35.2 Å². The molecular weight excluding hydrogens is 265 g/mol. The van der Waals surface area contributed by atoms with Crippen LogP contribution in [0.25, 0.3) is 0 Å². The number of nitrogens with two attached hydrogens (primary N) is 1. The first kappa shape index (κ1) is 13.8. The molecule has 2 aromatic rings. The summed E-state index contributed by atoms with van der Waals surface area (Å²) in [6.45, 7) is 1.94. The first-order chi connectivity index (χ1) is 9.02. The second-order valence-corrected chi connectivity index (χ2v) is 4.81. The maximum absolute atomic E-state index is 13.9. The molecule has 0 saturated carbocycles. The molecule has 0 fully saturated rings. The van der Waals surface area contributed by atoms with Crippen LogP contribution in [-0.2, 0) is 0 Å². The normalized spacial score (nSPS) is 12.3. The van der Waals surface area contributed by atoms with Gasteiger partial charge in [0.1, 0.15) is 11.6 Å². The van der Waals surface area contributed by atoms with Crippen LogP contribution in [0.2, 0.25) is 5.02 Å². The molecule has 2 aromatic carbocycles. The smallest absolute Gasteiger partial charge is 0.129 e. The molecule has 19 heavy (non-hydrogen) atoms. The lowest BCUT2D eigenvalue weighted by molar-refractivity contribution is 0.411. The van der Waals surface area contributed by atoms with Gasteiger partial charge in [0.05, 0.1) is 13.2 Å². The van der Waals surface area contributed by atoms with Crippen molar-refractivity contribution in [3.63, 3.8) is 0 Å². The van der Waals surface area contributed by atoms with Crippen molar-refractivity contribution in [3.8, 4) is 5.75 Å². The third kappa shape index (κ3) is 2.88. The molecule has 0 aliphatic heterocycles. The van der Waals surface area contributed by atoms with Crippen LogP contribution in [-0.4, -0.2) is 7.11 Å². The maximum atomic E-state index is 13.9. The highest BCUT2D eigenvalue weighted by molar-refractivity contribution is 6.30. The summed E-state index contributed by atoms with van der Waals surface area (Å²) >= 11 is 5.74. The van der Waals surface area contributed by atoms with E-state index in [0.717, 1.165) is 16.9 Å². The summed E-state index contributed by atoms with van der Waals surface area (Å²) in [5, 5.41) is 0.356. The number of hydrogen-bond acceptors (Lipinski definition) is 2. The predicted molar refractivity (Wildman–Crippen MR) is 75.2 cm³/mol. The Morgan fingerprint density at radius 2 is 1.95 bits per heavy atom. The van der Waals surface area contributed by atoms with Crippen LogP contribution in [0.4, 0.5) is 4.39 Å². The van der Waals surface area contributed by atoms with E-state index in [1.54, 1.807) is 19.2 Å². The van der Waals surface area contributed by atoms with Gasteiger partial charge in [0.15, 0.2) is 0 Å². The van der Waals surface area contributed by atoms with Gasteiger partial charge in [0.2, 0.25) is 0 Å². The minimum absolute atomic E-state index is 0.356. The Morgan fingerprint density at radius 1 is 1.21 bits per heavy atom. The highest BCUT2D eigenvalue weighted by Gasteiger charge is 2.15. The van der Waals surface area contributed by atoms with Crippen LogP contribution >= 0.6 is 11.6 Å². The van der Waals surface area contributed by atoms with E-state index in [0.29, 0.717) is 10.6 Å². The van der Waals surface area contributed by atoms with Crippen molar-refractivity contribution in [2.75, 3.05) is 7.11 Å². The largest absolute Gasteiger partial charge is 0.496 e. The number of methoxy groups -OCH3 is 1. The van der Waals surface area contributed by atoms with Crippen LogP contribution in [0.5, 0.6) is 5.75 Å². The van der Waals surface area contributed by atoms with E-state index >= 15 is 0 Å². The first-order valence-corrected chi connectivity index (χ1v) is 6.26. The maximum Gasteiger partial charge on any atom is 0.129 e. The van der Waals surface area contributed by atoms with Gasteiger partial charge in [-0.15, -0.1) is 0 Å². The van der Waals surface area contributed by atoms with Crippen LogP contribution in [0.3, 0.4) is 0 Å². The van der Waals surface area contributed by atoms with Gasteiger partial charge in [-0.3, -0.25) is 0 Å². The summed E-state index contributed by atoms with van der Waals surface area (Å²) in [5.41, 5.74) is 8.32. The highest BCUT2D eigenvalue weighted by Crippen LogP contribution is 2.28. The number of benzene rings is 2. The molecule has 2 N–H and O–H groups in total. The van der Waals surface area contributed by atoms with E-state index in [1.165, 1.54) is 6.07 Å². The second-order valence-electron chi connectivity index (χ2n) is 4.37. The third-order valence-electron chi connectivity index (χ3n) is 3.09. The Kier molecular flexibility index (Phi) is 4.08. The molecule has 0 bridgehead atoms.